The Morgan fingerprint density at radius 3 is 2.52 bits per heavy atom. The summed E-state index contributed by atoms with van der Waals surface area (Å²) in [6, 6.07) is 7.28. The first-order chi connectivity index (χ1) is 9.97. The quantitative estimate of drug-likeness (QED) is 0.866. The summed E-state index contributed by atoms with van der Waals surface area (Å²) in [4.78, 5) is 27.4. The zero-order valence-corrected chi connectivity index (χ0v) is 12.9. The van der Waals surface area contributed by atoms with Crippen molar-refractivity contribution in [1.82, 2.24) is 9.80 Å². The van der Waals surface area contributed by atoms with Crippen LogP contribution in [0.1, 0.15) is 30.1 Å². The molecule has 0 spiro atoms. The SMILES string of the molecule is CC(=O)c1ccc(NC(=O)N(C)CC2CCCN2C)cc1. The number of rotatable bonds is 4. The molecule has 1 heterocycles. The van der Waals surface area contributed by atoms with E-state index in [1.807, 2.05) is 7.05 Å². The van der Waals surface area contributed by atoms with E-state index in [0.717, 1.165) is 19.5 Å². The van der Waals surface area contributed by atoms with Crippen molar-refractivity contribution in [3.63, 3.8) is 0 Å². The molecule has 2 rings (SSSR count). The van der Waals surface area contributed by atoms with E-state index in [9.17, 15) is 9.59 Å². The first-order valence-corrected chi connectivity index (χ1v) is 7.30. The van der Waals surface area contributed by atoms with E-state index in [4.69, 9.17) is 0 Å². The predicted molar refractivity (Wildman–Crippen MR) is 83.7 cm³/mol. The van der Waals surface area contributed by atoms with Crippen LogP contribution in [0, 0.1) is 0 Å². The molecule has 21 heavy (non-hydrogen) atoms. The molecule has 2 amide bonds. The summed E-state index contributed by atoms with van der Waals surface area (Å²) in [6.07, 6.45) is 2.34. The van der Waals surface area contributed by atoms with Gasteiger partial charge in [0.1, 0.15) is 0 Å². The minimum atomic E-state index is -0.120. The van der Waals surface area contributed by atoms with Gasteiger partial charge >= 0.3 is 6.03 Å². The Labute approximate surface area is 125 Å². The van der Waals surface area contributed by atoms with Crippen LogP contribution in [0.3, 0.4) is 0 Å². The highest BCUT2D eigenvalue weighted by atomic mass is 16.2. The van der Waals surface area contributed by atoms with Gasteiger partial charge < -0.3 is 15.1 Å². The fourth-order valence-corrected chi connectivity index (χ4v) is 2.62. The van der Waals surface area contributed by atoms with Crippen molar-refractivity contribution in [3.05, 3.63) is 29.8 Å². The second-order valence-electron chi connectivity index (χ2n) is 5.72. The average Bonchev–Trinajstić information content (AvgIpc) is 2.84. The van der Waals surface area contributed by atoms with Gasteiger partial charge in [0.2, 0.25) is 0 Å². The number of carbonyl (C=O) groups is 2. The third-order valence-corrected chi connectivity index (χ3v) is 4.05. The van der Waals surface area contributed by atoms with Crippen molar-refractivity contribution in [2.45, 2.75) is 25.8 Å². The molecule has 0 saturated carbocycles. The van der Waals surface area contributed by atoms with Crippen molar-refractivity contribution in [2.24, 2.45) is 0 Å². The van der Waals surface area contributed by atoms with Gasteiger partial charge in [-0.3, -0.25) is 4.79 Å². The number of ketones is 1. The lowest BCUT2D eigenvalue weighted by Gasteiger charge is -2.26. The molecule has 1 atom stereocenters. The van der Waals surface area contributed by atoms with E-state index in [-0.39, 0.29) is 11.8 Å². The van der Waals surface area contributed by atoms with Crippen LogP contribution in [0.2, 0.25) is 0 Å². The van der Waals surface area contributed by atoms with Gasteiger partial charge in [-0.05, 0) is 57.6 Å². The molecule has 1 unspecified atom stereocenters. The van der Waals surface area contributed by atoms with Gasteiger partial charge in [0.05, 0.1) is 0 Å². The van der Waals surface area contributed by atoms with Gasteiger partial charge in [0.25, 0.3) is 0 Å². The largest absolute Gasteiger partial charge is 0.326 e. The molecule has 0 radical (unpaired) electrons. The maximum atomic E-state index is 12.2. The van der Waals surface area contributed by atoms with Gasteiger partial charge in [0.15, 0.2) is 5.78 Å². The number of carbonyl (C=O) groups excluding carboxylic acids is 2. The molecule has 0 bridgehead atoms. The van der Waals surface area contributed by atoms with Crippen molar-refractivity contribution in [1.29, 1.82) is 0 Å². The summed E-state index contributed by atoms with van der Waals surface area (Å²) in [5.41, 5.74) is 1.35. The molecule has 5 nitrogen and oxygen atoms in total. The van der Waals surface area contributed by atoms with Crippen LogP contribution in [-0.2, 0) is 0 Å². The number of nitrogens with zero attached hydrogens (tertiary/aromatic N) is 2. The Bertz CT molecular complexity index is 513. The smallest absolute Gasteiger partial charge is 0.321 e. The van der Waals surface area contributed by atoms with Crippen LogP contribution in [0.25, 0.3) is 0 Å². The van der Waals surface area contributed by atoms with Crippen LogP contribution in [0.15, 0.2) is 24.3 Å². The average molecular weight is 289 g/mol. The summed E-state index contributed by atoms with van der Waals surface area (Å²) in [6.45, 7) is 3.36. The maximum absolute atomic E-state index is 12.2. The van der Waals surface area contributed by atoms with Gasteiger partial charge in [-0.15, -0.1) is 0 Å². The monoisotopic (exact) mass is 289 g/mol. The molecule has 1 aromatic rings. The highest BCUT2D eigenvalue weighted by molar-refractivity contribution is 5.95. The first kappa shape index (κ1) is 15.5. The van der Waals surface area contributed by atoms with Crippen molar-refractivity contribution >= 4 is 17.5 Å². The number of anilines is 1. The number of urea groups is 1. The topological polar surface area (TPSA) is 52.7 Å². The number of benzene rings is 1. The molecule has 0 aliphatic carbocycles. The normalized spacial score (nSPS) is 18.5. The minimum absolute atomic E-state index is 0.0225. The molecule has 1 aromatic carbocycles. The Kier molecular flexibility index (Phi) is 4.96. The molecule has 1 aliphatic rings. The lowest BCUT2D eigenvalue weighted by atomic mass is 10.1. The van der Waals surface area contributed by atoms with E-state index < -0.39 is 0 Å². The van der Waals surface area contributed by atoms with E-state index >= 15 is 0 Å². The number of likely N-dealkylation sites (N-methyl/N-ethyl adjacent to an activating group) is 2. The molecular formula is C16H23N3O2. The van der Waals surface area contributed by atoms with E-state index in [1.54, 1.807) is 29.2 Å². The van der Waals surface area contributed by atoms with Crippen molar-refractivity contribution < 1.29 is 9.59 Å². The van der Waals surface area contributed by atoms with Crippen molar-refractivity contribution in [3.8, 4) is 0 Å². The lowest BCUT2D eigenvalue weighted by Crippen LogP contribution is -2.41. The Balaban J connectivity index is 1.89. The maximum Gasteiger partial charge on any atom is 0.321 e. The fraction of sp³-hybridized carbons (Fsp3) is 0.500. The standard InChI is InChI=1S/C16H23N3O2/c1-12(20)13-6-8-14(9-7-13)17-16(21)19(3)11-15-5-4-10-18(15)2/h6-9,15H,4-5,10-11H2,1-3H3,(H,17,21). The molecule has 1 aliphatic heterocycles. The molecule has 5 heteroatoms. The Morgan fingerprint density at radius 2 is 2.00 bits per heavy atom. The molecule has 1 saturated heterocycles. The zero-order chi connectivity index (χ0) is 15.4. The number of hydrogen-bond donors (Lipinski definition) is 1. The summed E-state index contributed by atoms with van der Waals surface area (Å²) in [7, 11) is 3.91. The van der Waals surface area contributed by atoms with E-state index in [2.05, 4.69) is 17.3 Å². The fourth-order valence-electron chi connectivity index (χ4n) is 2.62. The summed E-state index contributed by atoms with van der Waals surface area (Å²) in [5.74, 6) is 0.0225. The second-order valence-corrected chi connectivity index (χ2v) is 5.72. The number of hydrogen-bond acceptors (Lipinski definition) is 3. The summed E-state index contributed by atoms with van der Waals surface area (Å²) in [5, 5.41) is 2.85. The van der Waals surface area contributed by atoms with Gasteiger partial charge in [-0.2, -0.15) is 0 Å². The van der Waals surface area contributed by atoms with Crippen LogP contribution >= 0.6 is 0 Å². The number of Topliss-reactive ketones (excluding diaryl/α,β-unsaturated/α-hetero) is 1. The van der Waals surface area contributed by atoms with Gasteiger partial charge in [0, 0.05) is 30.9 Å². The molecule has 114 valence electrons. The minimum Gasteiger partial charge on any atom is -0.326 e. The van der Waals surface area contributed by atoms with Gasteiger partial charge in [-0.25, -0.2) is 4.79 Å². The van der Waals surface area contributed by atoms with Crippen LogP contribution in [0.4, 0.5) is 10.5 Å². The summed E-state index contributed by atoms with van der Waals surface area (Å²) >= 11 is 0. The third-order valence-electron chi connectivity index (χ3n) is 4.05. The van der Waals surface area contributed by atoms with E-state index in [1.165, 1.54) is 13.3 Å². The lowest BCUT2D eigenvalue weighted by molar-refractivity contribution is 0.101. The number of nitrogens with one attached hydrogen (secondary N) is 1. The number of amides is 2. The third kappa shape index (κ3) is 4.04. The molecule has 0 aromatic heterocycles. The van der Waals surface area contributed by atoms with Gasteiger partial charge in [-0.1, -0.05) is 0 Å². The molecule has 1 fully saturated rings. The summed E-state index contributed by atoms with van der Waals surface area (Å²) < 4.78 is 0. The van der Waals surface area contributed by atoms with E-state index in [0.29, 0.717) is 17.3 Å². The first-order valence-electron chi connectivity index (χ1n) is 7.30. The van der Waals surface area contributed by atoms with Crippen LogP contribution in [-0.4, -0.2) is 54.8 Å². The zero-order valence-electron chi connectivity index (χ0n) is 12.9. The highest BCUT2D eigenvalue weighted by Crippen LogP contribution is 2.16. The van der Waals surface area contributed by atoms with Crippen LogP contribution in [0.5, 0.6) is 0 Å². The Morgan fingerprint density at radius 1 is 1.33 bits per heavy atom. The predicted octanol–water partition coefficient (Wildman–Crippen LogP) is 2.45. The molecule has 1 N–H and O–H groups in total. The highest BCUT2D eigenvalue weighted by Gasteiger charge is 2.23. The van der Waals surface area contributed by atoms with Crippen molar-refractivity contribution in [2.75, 3.05) is 32.5 Å². The Hall–Kier alpha value is -1.88. The number of likely N-dealkylation sites (tertiary alicyclic amines) is 1. The van der Waals surface area contributed by atoms with Crippen LogP contribution < -0.4 is 5.32 Å². The molecular weight excluding hydrogens is 266 g/mol. The second kappa shape index (κ2) is 6.72.